The fraction of sp³-hybridized carbons (Fsp3) is 0.269. The van der Waals surface area contributed by atoms with Crippen molar-refractivity contribution < 1.29 is 14.3 Å². The van der Waals surface area contributed by atoms with Crippen LogP contribution in [0.2, 0.25) is 0 Å². The van der Waals surface area contributed by atoms with E-state index in [1.54, 1.807) is 46.7 Å². The summed E-state index contributed by atoms with van der Waals surface area (Å²) >= 11 is 1.77. The molecule has 1 aromatic carbocycles. The summed E-state index contributed by atoms with van der Waals surface area (Å²) in [5, 5.41) is 16.1. The molecule has 0 radical (unpaired) electrons. The quantitative estimate of drug-likeness (QED) is 0.312. The fourth-order valence-electron chi connectivity index (χ4n) is 4.38. The van der Waals surface area contributed by atoms with Crippen LogP contribution in [-0.2, 0) is 4.74 Å². The summed E-state index contributed by atoms with van der Waals surface area (Å²) in [5.41, 5.74) is 4.62. The van der Waals surface area contributed by atoms with Crippen molar-refractivity contribution in [2.24, 2.45) is 0 Å². The Kier molecular flexibility index (Phi) is 6.67. The third-order valence-corrected chi connectivity index (χ3v) is 7.35. The predicted molar refractivity (Wildman–Crippen MR) is 150 cm³/mol. The molecule has 0 bridgehead atoms. The molecule has 5 heterocycles. The van der Waals surface area contributed by atoms with Gasteiger partial charge in [0.1, 0.15) is 18.0 Å². The van der Waals surface area contributed by atoms with Crippen LogP contribution in [0.5, 0.6) is 5.75 Å². The van der Waals surface area contributed by atoms with E-state index < -0.39 is 6.09 Å². The molecule has 39 heavy (non-hydrogen) atoms. The summed E-state index contributed by atoms with van der Waals surface area (Å²) < 4.78 is 14.6. The highest BCUT2D eigenvalue weighted by atomic mass is 32.2. The zero-order valence-electron chi connectivity index (χ0n) is 21.7. The lowest BCUT2D eigenvalue weighted by Crippen LogP contribution is -2.22. The van der Waals surface area contributed by atoms with E-state index in [0.29, 0.717) is 34.8 Å². The maximum absolute atomic E-state index is 12.6. The van der Waals surface area contributed by atoms with E-state index in [2.05, 4.69) is 25.7 Å². The molecule has 0 unspecified atom stereocenters. The van der Waals surface area contributed by atoms with Gasteiger partial charge in [0.05, 0.1) is 41.2 Å². The molecule has 6 rings (SSSR count). The highest BCUT2D eigenvalue weighted by molar-refractivity contribution is 7.99. The Morgan fingerprint density at radius 2 is 2.13 bits per heavy atom. The van der Waals surface area contributed by atoms with E-state index in [9.17, 15) is 4.79 Å². The van der Waals surface area contributed by atoms with Crippen molar-refractivity contribution in [3.8, 4) is 22.7 Å². The molecule has 0 fully saturated rings. The van der Waals surface area contributed by atoms with Crippen molar-refractivity contribution >= 4 is 45.9 Å². The molecule has 2 N–H and O–H groups in total. The highest BCUT2D eigenvalue weighted by Gasteiger charge is 2.22. The number of thioether (sulfide) groups is 1. The minimum atomic E-state index is -0.587. The Hall–Kier alpha value is -4.36. The number of anilines is 2. The fourth-order valence-corrected chi connectivity index (χ4v) is 5.28. The van der Waals surface area contributed by atoms with E-state index in [4.69, 9.17) is 14.6 Å². The van der Waals surface area contributed by atoms with Gasteiger partial charge in [0.25, 0.3) is 0 Å². The lowest BCUT2D eigenvalue weighted by Gasteiger charge is -2.20. The average molecular weight is 546 g/mol. The van der Waals surface area contributed by atoms with Gasteiger partial charge in [-0.25, -0.2) is 19.0 Å². The molecule has 13 heteroatoms. The Labute approximate surface area is 228 Å². The summed E-state index contributed by atoms with van der Waals surface area (Å²) in [6.45, 7) is 1.75. The smallest absolute Gasteiger partial charge is 0.412 e. The molecular weight excluding hydrogens is 518 g/mol. The lowest BCUT2D eigenvalue weighted by atomic mass is 10.2. The van der Waals surface area contributed by atoms with Crippen molar-refractivity contribution in [2.45, 2.75) is 4.90 Å². The number of rotatable bonds is 7. The van der Waals surface area contributed by atoms with Crippen LogP contribution in [0.4, 0.5) is 16.3 Å². The number of aromatic nitrogens is 6. The van der Waals surface area contributed by atoms with Gasteiger partial charge in [-0.3, -0.25) is 10.3 Å². The number of ether oxygens (including phenoxy) is 2. The average Bonchev–Trinajstić information content (AvgIpc) is 3.53. The molecule has 0 aliphatic carbocycles. The minimum Gasteiger partial charge on any atom is -0.494 e. The zero-order chi connectivity index (χ0) is 26.9. The number of fused-ring (bicyclic) bond motifs is 3. The molecule has 200 valence electrons. The maximum atomic E-state index is 12.6. The Bertz CT molecular complexity index is 1680. The van der Waals surface area contributed by atoms with E-state index in [1.807, 2.05) is 49.5 Å². The molecule has 1 aliphatic rings. The van der Waals surface area contributed by atoms with Crippen molar-refractivity contribution in [3.63, 3.8) is 0 Å². The Balaban J connectivity index is 1.48. The number of methoxy groups -OCH3 is 1. The van der Waals surface area contributed by atoms with Gasteiger partial charge in [0.2, 0.25) is 0 Å². The zero-order valence-corrected chi connectivity index (χ0v) is 22.5. The van der Waals surface area contributed by atoms with Crippen molar-refractivity contribution in [3.05, 3.63) is 49.1 Å². The second-order valence-electron chi connectivity index (χ2n) is 9.15. The summed E-state index contributed by atoms with van der Waals surface area (Å²) in [6, 6.07) is 7.76. The molecule has 0 saturated carbocycles. The molecule has 5 aromatic rings. The number of nitrogens with zero attached hydrogens (tertiary/aromatic N) is 7. The van der Waals surface area contributed by atoms with Crippen molar-refractivity contribution in [1.29, 1.82) is 0 Å². The van der Waals surface area contributed by atoms with Crippen LogP contribution in [0.1, 0.15) is 0 Å². The molecule has 1 amide bonds. The number of nitrogens with one attached hydrogen (secondary N) is 2. The van der Waals surface area contributed by atoms with Gasteiger partial charge >= 0.3 is 6.09 Å². The summed E-state index contributed by atoms with van der Waals surface area (Å²) in [7, 11) is 5.46. The normalized spacial score (nSPS) is 12.9. The number of carbonyl (C=O) groups is 1. The molecule has 12 nitrogen and oxygen atoms in total. The molecule has 0 spiro atoms. The van der Waals surface area contributed by atoms with Gasteiger partial charge in [0, 0.05) is 48.4 Å². The van der Waals surface area contributed by atoms with E-state index >= 15 is 0 Å². The first kappa shape index (κ1) is 24.9. The van der Waals surface area contributed by atoms with Crippen LogP contribution in [0.15, 0.2) is 53.9 Å². The summed E-state index contributed by atoms with van der Waals surface area (Å²) in [5.74, 6) is 1.94. The molecular formula is C26H27N9O3S. The SMILES string of the molecule is COc1cc2c(cc1-n1nc(NC(=O)OCCN(C)C)c3cnc(-c4cnn5cccnc45)cc31)SCCN2. The predicted octanol–water partition coefficient (Wildman–Crippen LogP) is 3.77. The number of hydrogen-bond donors (Lipinski definition) is 2. The Morgan fingerprint density at radius 3 is 2.97 bits per heavy atom. The summed E-state index contributed by atoms with van der Waals surface area (Å²) in [6.07, 6.45) is 6.40. The molecule has 1 aliphatic heterocycles. The van der Waals surface area contributed by atoms with Gasteiger partial charge in [0.15, 0.2) is 11.5 Å². The topological polar surface area (TPSA) is 124 Å². The van der Waals surface area contributed by atoms with Gasteiger partial charge in [-0.15, -0.1) is 16.9 Å². The molecule has 0 atom stereocenters. The second-order valence-corrected chi connectivity index (χ2v) is 10.3. The van der Waals surface area contributed by atoms with Crippen molar-refractivity contribution in [1.82, 2.24) is 34.3 Å². The van der Waals surface area contributed by atoms with Crippen molar-refractivity contribution in [2.75, 3.05) is 57.3 Å². The highest BCUT2D eigenvalue weighted by Crippen LogP contribution is 2.40. The number of benzene rings is 1. The standard InChI is InChI=1S/C26H27N9O3S/c1-33(2)8-9-38-26(36)31-24-17-14-29-18(16-15-30-34-7-4-5-28-25(16)34)11-20(17)35(32-24)21-13-23-19(12-22(21)37-3)27-6-10-39-23/h4-5,7,11-15,27H,6,8-10H2,1-3H3,(H,31,32,36). The van der Waals surface area contributed by atoms with Gasteiger partial charge < -0.3 is 19.7 Å². The third-order valence-electron chi connectivity index (χ3n) is 6.30. The lowest BCUT2D eigenvalue weighted by molar-refractivity contribution is 0.151. The van der Waals surface area contributed by atoms with Crippen LogP contribution in [0.25, 0.3) is 33.5 Å². The molecule has 0 saturated heterocycles. The minimum absolute atomic E-state index is 0.254. The van der Waals surface area contributed by atoms with Crippen LogP contribution in [-0.4, -0.2) is 87.0 Å². The van der Waals surface area contributed by atoms with Gasteiger partial charge in [-0.2, -0.15) is 5.10 Å². The number of pyridine rings is 1. The first-order chi connectivity index (χ1) is 19.0. The number of likely N-dealkylation sites (N-methyl/N-ethyl adjacent to an activating group) is 1. The van der Waals surface area contributed by atoms with E-state index in [-0.39, 0.29) is 6.61 Å². The third kappa shape index (κ3) is 4.81. The van der Waals surface area contributed by atoms with Crippen LogP contribution in [0, 0.1) is 0 Å². The first-order valence-electron chi connectivity index (χ1n) is 12.4. The number of amides is 1. The number of carbonyl (C=O) groups excluding carboxylic acids is 1. The Morgan fingerprint density at radius 1 is 1.23 bits per heavy atom. The van der Waals surface area contributed by atoms with Gasteiger partial charge in [-0.1, -0.05) is 0 Å². The maximum Gasteiger partial charge on any atom is 0.412 e. The number of hydrogen-bond acceptors (Lipinski definition) is 10. The van der Waals surface area contributed by atoms with E-state index in [1.165, 1.54) is 0 Å². The van der Waals surface area contributed by atoms with Crippen LogP contribution in [0.3, 0.4) is 0 Å². The summed E-state index contributed by atoms with van der Waals surface area (Å²) in [4.78, 5) is 24.8. The second kappa shape index (κ2) is 10.4. The van der Waals surface area contributed by atoms with Gasteiger partial charge in [-0.05, 0) is 32.3 Å². The van der Waals surface area contributed by atoms with E-state index in [0.717, 1.165) is 39.6 Å². The first-order valence-corrected chi connectivity index (χ1v) is 13.4. The molecule has 4 aromatic heterocycles. The van der Waals surface area contributed by atoms with Crippen LogP contribution < -0.4 is 15.4 Å². The van der Waals surface area contributed by atoms with Crippen LogP contribution >= 0.6 is 11.8 Å². The monoisotopic (exact) mass is 545 g/mol. The largest absolute Gasteiger partial charge is 0.494 e.